The molecule has 0 fully saturated rings. The molecule has 2 aromatic carbocycles. The number of carbonyl (C=O) groups is 1. The number of nitrogens with one attached hydrogen (secondary N) is 1. The van der Waals surface area contributed by atoms with Crippen molar-refractivity contribution in [3.8, 4) is 16.9 Å². The molecule has 2 rings (SSSR count). The summed E-state index contributed by atoms with van der Waals surface area (Å²) in [5, 5.41) is 0. The Bertz CT molecular complexity index is 715. The maximum absolute atomic E-state index is 11.4. The SMILES string of the molecule is COc1cccc(-c2cc(C(C)(CC(N)=O)NN)ccc2C)c1. The van der Waals surface area contributed by atoms with Gasteiger partial charge in [-0.1, -0.05) is 24.3 Å². The first kappa shape index (κ1) is 17.0. The number of aryl methyl sites for hydroxylation is 1. The Labute approximate surface area is 136 Å². The van der Waals surface area contributed by atoms with E-state index in [1.54, 1.807) is 7.11 Å². The van der Waals surface area contributed by atoms with Crippen LogP contribution in [0.25, 0.3) is 11.1 Å². The summed E-state index contributed by atoms with van der Waals surface area (Å²) in [5.41, 5.74) is 11.5. The maximum atomic E-state index is 11.4. The third-order valence-corrected chi connectivity index (χ3v) is 4.10. The Morgan fingerprint density at radius 2 is 2.00 bits per heavy atom. The van der Waals surface area contributed by atoms with Crippen molar-refractivity contribution in [1.29, 1.82) is 0 Å². The van der Waals surface area contributed by atoms with Gasteiger partial charge in [0.2, 0.25) is 5.91 Å². The zero-order valence-electron chi connectivity index (χ0n) is 13.7. The van der Waals surface area contributed by atoms with E-state index in [2.05, 4.69) is 5.43 Å². The molecule has 0 heterocycles. The van der Waals surface area contributed by atoms with Crippen LogP contribution in [0.15, 0.2) is 42.5 Å². The van der Waals surface area contributed by atoms with E-state index in [0.29, 0.717) is 0 Å². The summed E-state index contributed by atoms with van der Waals surface area (Å²) >= 11 is 0. The molecular formula is C18H23N3O2. The highest BCUT2D eigenvalue weighted by atomic mass is 16.5. The quantitative estimate of drug-likeness (QED) is 0.563. The number of rotatable bonds is 6. The monoisotopic (exact) mass is 313 g/mol. The minimum absolute atomic E-state index is 0.115. The number of nitrogens with two attached hydrogens (primary N) is 2. The molecule has 0 saturated heterocycles. The van der Waals surface area contributed by atoms with E-state index in [0.717, 1.165) is 28.0 Å². The largest absolute Gasteiger partial charge is 0.497 e. The first-order valence-electron chi connectivity index (χ1n) is 7.41. The van der Waals surface area contributed by atoms with Crippen LogP contribution in [-0.2, 0) is 10.3 Å². The van der Waals surface area contributed by atoms with Crippen LogP contribution in [-0.4, -0.2) is 13.0 Å². The van der Waals surface area contributed by atoms with Crippen molar-refractivity contribution in [1.82, 2.24) is 5.43 Å². The predicted octanol–water partition coefficient (Wildman–Crippen LogP) is 2.22. The number of primary amides is 1. The number of amides is 1. The number of hydrogen-bond donors (Lipinski definition) is 3. The molecule has 0 spiro atoms. The molecule has 0 aliphatic heterocycles. The van der Waals surface area contributed by atoms with Crippen LogP contribution in [0.5, 0.6) is 5.75 Å². The van der Waals surface area contributed by atoms with Crippen molar-refractivity contribution in [2.45, 2.75) is 25.8 Å². The van der Waals surface area contributed by atoms with Crippen molar-refractivity contribution >= 4 is 5.91 Å². The van der Waals surface area contributed by atoms with Crippen LogP contribution in [0.1, 0.15) is 24.5 Å². The summed E-state index contributed by atoms with van der Waals surface area (Å²) in [6.45, 7) is 3.90. The van der Waals surface area contributed by atoms with E-state index in [-0.39, 0.29) is 6.42 Å². The van der Waals surface area contributed by atoms with Gasteiger partial charge in [-0.2, -0.15) is 0 Å². The summed E-state index contributed by atoms with van der Waals surface area (Å²) in [7, 11) is 1.64. The van der Waals surface area contributed by atoms with E-state index >= 15 is 0 Å². The fraction of sp³-hybridized carbons (Fsp3) is 0.278. The van der Waals surface area contributed by atoms with Crippen molar-refractivity contribution in [2.24, 2.45) is 11.6 Å². The molecule has 0 aliphatic rings. The highest BCUT2D eigenvalue weighted by Crippen LogP contribution is 2.32. The second kappa shape index (κ2) is 6.81. The van der Waals surface area contributed by atoms with Crippen LogP contribution < -0.4 is 21.7 Å². The maximum Gasteiger partial charge on any atom is 0.219 e. The molecular weight excluding hydrogens is 290 g/mol. The van der Waals surface area contributed by atoms with Crippen molar-refractivity contribution in [3.63, 3.8) is 0 Å². The molecule has 0 aliphatic carbocycles. The smallest absolute Gasteiger partial charge is 0.219 e. The number of benzene rings is 2. The summed E-state index contributed by atoms with van der Waals surface area (Å²) in [6, 6.07) is 13.9. The fourth-order valence-electron chi connectivity index (χ4n) is 2.65. The molecule has 5 N–H and O–H groups in total. The minimum atomic E-state index is -0.715. The molecule has 1 unspecified atom stereocenters. The standard InChI is InChI=1S/C18H23N3O2/c1-12-7-8-14(18(2,21-20)11-17(19)22)10-16(12)13-5-4-6-15(9-13)23-3/h4-10,21H,11,20H2,1-3H3,(H2,19,22). The van der Waals surface area contributed by atoms with Gasteiger partial charge in [0.25, 0.3) is 0 Å². The second-order valence-corrected chi connectivity index (χ2v) is 5.88. The van der Waals surface area contributed by atoms with Crippen molar-refractivity contribution in [2.75, 3.05) is 7.11 Å². The Balaban J connectivity index is 2.52. The number of methoxy groups -OCH3 is 1. The average Bonchev–Trinajstić information content (AvgIpc) is 2.54. The summed E-state index contributed by atoms with van der Waals surface area (Å²) < 4.78 is 5.29. The molecule has 122 valence electrons. The topological polar surface area (TPSA) is 90.4 Å². The number of hydrogen-bond acceptors (Lipinski definition) is 4. The summed E-state index contributed by atoms with van der Waals surface area (Å²) in [5.74, 6) is 6.07. The zero-order chi connectivity index (χ0) is 17.0. The minimum Gasteiger partial charge on any atom is -0.497 e. The van der Waals surface area contributed by atoms with E-state index in [4.69, 9.17) is 16.3 Å². The molecule has 1 atom stereocenters. The van der Waals surface area contributed by atoms with Gasteiger partial charge < -0.3 is 10.5 Å². The normalized spacial score (nSPS) is 13.4. The molecule has 0 aromatic heterocycles. The molecule has 0 bridgehead atoms. The van der Waals surface area contributed by atoms with Crippen molar-refractivity contribution < 1.29 is 9.53 Å². The Hall–Kier alpha value is -2.37. The van der Waals surface area contributed by atoms with Crippen LogP contribution in [0.3, 0.4) is 0 Å². The van der Waals surface area contributed by atoms with E-state index in [1.807, 2.05) is 56.3 Å². The highest BCUT2D eigenvalue weighted by molar-refractivity contribution is 5.76. The third kappa shape index (κ3) is 3.70. The first-order valence-corrected chi connectivity index (χ1v) is 7.41. The van der Waals surface area contributed by atoms with Crippen molar-refractivity contribution in [3.05, 3.63) is 53.6 Å². The lowest BCUT2D eigenvalue weighted by atomic mass is 9.86. The fourth-order valence-corrected chi connectivity index (χ4v) is 2.65. The van der Waals surface area contributed by atoms with Gasteiger partial charge >= 0.3 is 0 Å². The van der Waals surface area contributed by atoms with Crippen LogP contribution in [0.4, 0.5) is 0 Å². The van der Waals surface area contributed by atoms with Crippen LogP contribution >= 0.6 is 0 Å². The van der Waals surface area contributed by atoms with Gasteiger partial charge in [-0.25, -0.2) is 5.43 Å². The first-order chi connectivity index (χ1) is 10.9. The second-order valence-electron chi connectivity index (χ2n) is 5.88. The van der Waals surface area contributed by atoms with Gasteiger partial charge in [-0.15, -0.1) is 0 Å². The lowest BCUT2D eigenvalue weighted by Crippen LogP contribution is -2.46. The summed E-state index contributed by atoms with van der Waals surface area (Å²) in [4.78, 5) is 11.4. The highest BCUT2D eigenvalue weighted by Gasteiger charge is 2.28. The molecule has 1 amide bonds. The van der Waals surface area contributed by atoms with Gasteiger partial charge in [-0.05, 0) is 54.3 Å². The van der Waals surface area contributed by atoms with E-state index in [9.17, 15) is 4.79 Å². The third-order valence-electron chi connectivity index (χ3n) is 4.10. The molecule has 0 saturated carbocycles. The number of hydrazine groups is 1. The average molecular weight is 313 g/mol. The lowest BCUT2D eigenvalue weighted by molar-refractivity contribution is -0.119. The molecule has 23 heavy (non-hydrogen) atoms. The van der Waals surface area contributed by atoms with Gasteiger partial charge in [-0.3, -0.25) is 10.6 Å². The van der Waals surface area contributed by atoms with Crippen LogP contribution in [0.2, 0.25) is 0 Å². The number of carbonyl (C=O) groups excluding carboxylic acids is 1. The van der Waals surface area contributed by atoms with E-state index < -0.39 is 11.4 Å². The molecule has 5 nitrogen and oxygen atoms in total. The van der Waals surface area contributed by atoms with Gasteiger partial charge in [0.1, 0.15) is 5.75 Å². The Morgan fingerprint density at radius 3 is 2.61 bits per heavy atom. The Morgan fingerprint density at radius 1 is 1.26 bits per heavy atom. The lowest BCUT2D eigenvalue weighted by Gasteiger charge is -2.29. The Kier molecular flexibility index (Phi) is 5.03. The predicted molar refractivity (Wildman–Crippen MR) is 91.7 cm³/mol. The zero-order valence-corrected chi connectivity index (χ0v) is 13.7. The van der Waals surface area contributed by atoms with Gasteiger partial charge in [0, 0.05) is 6.42 Å². The van der Waals surface area contributed by atoms with Gasteiger partial charge in [0.15, 0.2) is 0 Å². The van der Waals surface area contributed by atoms with Gasteiger partial charge in [0.05, 0.1) is 12.6 Å². The molecule has 2 aromatic rings. The number of ether oxygens (including phenoxy) is 1. The van der Waals surface area contributed by atoms with E-state index in [1.165, 1.54) is 0 Å². The molecule has 5 heteroatoms. The van der Waals surface area contributed by atoms with Crippen LogP contribution in [0, 0.1) is 6.92 Å². The summed E-state index contributed by atoms with van der Waals surface area (Å²) in [6.07, 6.45) is 0.115. The molecule has 0 radical (unpaired) electrons.